The van der Waals surface area contributed by atoms with Crippen molar-refractivity contribution in [2.45, 2.75) is 25.7 Å². The molecule has 0 heterocycles. The molecule has 0 unspecified atom stereocenters. The zero-order valence-corrected chi connectivity index (χ0v) is 20.5. The van der Waals surface area contributed by atoms with Crippen LogP contribution in [-0.4, -0.2) is 33.8 Å². The summed E-state index contributed by atoms with van der Waals surface area (Å²) in [4.78, 5) is 25.5. The number of benzene rings is 3. The lowest BCUT2D eigenvalue weighted by atomic mass is 10.1. The number of amides is 2. The molecule has 34 heavy (non-hydrogen) atoms. The second kappa shape index (κ2) is 10.5. The van der Waals surface area contributed by atoms with Crippen LogP contribution >= 0.6 is 0 Å². The van der Waals surface area contributed by atoms with Gasteiger partial charge in [-0.2, -0.15) is 0 Å². The van der Waals surface area contributed by atoms with Gasteiger partial charge >= 0.3 is 0 Å². The standard InChI is InChI=1S/C26H29N3O4S/c1-18(2)17-27-26(31)23-7-5-6-8-24(23)28-25(30)20-11-13-21(14-12-20)29(4)34(32,33)22-15-9-19(3)10-16-22/h5-16,18H,17H2,1-4H3,(H,27,31)(H,28,30). The van der Waals surface area contributed by atoms with E-state index in [-0.39, 0.29) is 10.8 Å². The number of nitrogens with one attached hydrogen (secondary N) is 2. The molecule has 0 spiro atoms. The third kappa shape index (κ3) is 5.82. The second-order valence-corrected chi connectivity index (χ2v) is 10.4. The Kier molecular flexibility index (Phi) is 7.73. The monoisotopic (exact) mass is 479 g/mol. The third-order valence-corrected chi connectivity index (χ3v) is 7.06. The fourth-order valence-electron chi connectivity index (χ4n) is 3.21. The van der Waals surface area contributed by atoms with Gasteiger partial charge in [-0.1, -0.05) is 43.7 Å². The van der Waals surface area contributed by atoms with Crippen molar-refractivity contribution in [1.82, 2.24) is 5.32 Å². The first-order chi connectivity index (χ1) is 16.1. The quantitative estimate of drug-likeness (QED) is 0.499. The number of aryl methyl sites for hydroxylation is 1. The van der Waals surface area contributed by atoms with Crippen LogP contribution in [-0.2, 0) is 10.0 Å². The number of sulfonamides is 1. The molecule has 0 aliphatic rings. The number of anilines is 2. The van der Waals surface area contributed by atoms with Gasteiger partial charge in [0.2, 0.25) is 0 Å². The van der Waals surface area contributed by atoms with Crippen molar-refractivity contribution in [1.29, 1.82) is 0 Å². The first-order valence-electron chi connectivity index (χ1n) is 10.9. The van der Waals surface area contributed by atoms with Gasteiger partial charge in [-0.3, -0.25) is 13.9 Å². The van der Waals surface area contributed by atoms with Crippen LogP contribution in [0.4, 0.5) is 11.4 Å². The molecule has 0 atom stereocenters. The highest BCUT2D eigenvalue weighted by Crippen LogP contribution is 2.23. The summed E-state index contributed by atoms with van der Waals surface area (Å²) >= 11 is 0. The molecule has 0 fully saturated rings. The SMILES string of the molecule is Cc1ccc(S(=O)(=O)N(C)c2ccc(C(=O)Nc3ccccc3C(=O)NCC(C)C)cc2)cc1. The second-order valence-electron chi connectivity index (χ2n) is 8.44. The lowest BCUT2D eigenvalue weighted by molar-refractivity contribution is 0.0950. The number of rotatable bonds is 8. The van der Waals surface area contributed by atoms with Crippen molar-refractivity contribution in [3.63, 3.8) is 0 Å². The molecular formula is C26H29N3O4S. The summed E-state index contributed by atoms with van der Waals surface area (Å²) in [5.74, 6) is -0.361. The molecule has 8 heteroatoms. The molecule has 3 aromatic carbocycles. The van der Waals surface area contributed by atoms with E-state index in [1.165, 1.54) is 11.4 Å². The molecule has 0 saturated heterocycles. The summed E-state index contributed by atoms with van der Waals surface area (Å²) < 4.78 is 27.0. The van der Waals surface area contributed by atoms with Crippen molar-refractivity contribution >= 4 is 33.2 Å². The number of carbonyl (C=O) groups excluding carboxylic acids is 2. The lowest BCUT2D eigenvalue weighted by Gasteiger charge is -2.20. The maximum absolute atomic E-state index is 12.9. The van der Waals surface area contributed by atoms with Gasteiger partial charge in [0, 0.05) is 19.2 Å². The van der Waals surface area contributed by atoms with Gasteiger partial charge in [0.15, 0.2) is 0 Å². The van der Waals surface area contributed by atoms with Crippen molar-refractivity contribution in [3.05, 3.63) is 89.5 Å². The van der Waals surface area contributed by atoms with Gasteiger partial charge in [0.25, 0.3) is 21.8 Å². The van der Waals surface area contributed by atoms with E-state index < -0.39 is 15.9 Å². The molecule has 0 aliphatic heterocycles. The van der Waals surface area contributed by atoms with Gasteiger partial charge < -0.3 is 10.6 Å². The summed E-state index contributed by atoms with van der Waals surface area (Å²) in [6, 6.07) is 19.7. The Bertz CT molecular complexity index is 1270. The molecule has 0 aromatic heterocycles. The van der Waals surface area contributed by atoms with Crippen LogP contribution in [0.5, 0.6) is 0 Å². The maximum atomic E-state index is 12.9. The highest BCUT2D eigenvalue weighted by Gasteiger charge is 2.21. The van der Waals surface area contributed by atoms with Crippen molar-refractivity contribution < 1.29 is 18.0 Å². The zero-order chi connectivity index (χ0) is 24.9. The van der Waals surface area contributed by atoms with Crippen LogP contribution in [0.15, 0.2) is 77.7 Å². The van der Waals surface area contributed by atoms with Crippen molar-refractivity contribution in [2.24, 2.45) is 5.92 Å². The van der Waals surface area contributed by atoms with E-state index in [4.69, 9.17) is 0 Å². The minimum atomic E-state index is -3.73. The van der Waals surface area contributed by atoms with E-state index in [0.717, 1.165) is 5.56 Å². The third-order valence-electron chi connectivity index (χ3n) is 5.26. The van der Waals surface area contributed by atoms with Crippen LogP contribution in [0.2, 0.25) is 0 Å². The van der Waals surface area contributed by atoms with Crippen molar-refractivity contribution in [2.75, 3.05) is 23.2 Å². The van der Waals surface area contributed by atoms with E-state index in [1.807, 2.05) is 20.8 Å². The Balaban J connectivity index is 1.75. The van der Waals surface area contributed by atoms with Gasteiger partial charge in [-0.15, -0.1) is 0 Å². The van der Waals surface area contributed by atoms with Gasteiger partial charge in [-0.05, 0) is 61.4 Å². The molecule has 2 N–H and O–H groups in total. The normalized spacial score (nSPS) is 11.2. The Morgan fingerprint density at radius 1 is 0.882 bits per heavy atom. The summed E-state index contributed by atoms with van der Waals surface area (Å²) in [5, 5.41) is 5.62. The number of hydrogen-bond donors (Lipinski definition) is 2. The molecule has 7 nitrogen and oxygen atoms in total. The van der Waals surface area contributed by atoms with E-state index in [2.05, 4.69) is 10.6 Å². The Hall–Kier alpha value is -3.65. The molecule has 0 saturated carbocycles. The van der Waals surface area contributed by atoms with Crippen LogP contribution in [0.25, 0.3) is 0 Å². The number of nitrogens with zero attached hydrogens (tertiary/aromatic N) is 1. The molecule has 0 radical (unpaired) electrons. The van der Waals surface area contributed by atoms with Gasteiger partial charge in [0.05, 0.1) is 21.8 Å². The number of hydrogen-bond acceptors (Lipinski definition) is 4. The molecule has 3 rings (SSSR count). The molecule has 2 amide bonds. The summed E-state index contributed by atoms with van der Waals surface area (Å²) in [7, 11) is -2.26. The summed E-state index contributed by atoms with van der Waals surface area (Å²) in [5.41, 5.74) is 2.50. The van der Waals surface area contributed by atoms with Crippen LogP contribution < -0.4 is 14.9 Å². The molecule has 0 aliphatic carbocycles. The maximum Gasteiger partial charge on any atom is 0.264 e. The number of carbonyl (C=O) groups is 2. The topological polar surface area (TPSA) is 95.6 Å². The van der Waals surface area contributed by atoms with Crippen LogP contribution in [0.3, 0.4) is 0 Å². The molecular weight excluding hydrogens is 450 g/mol. The summed E-state index contributed by atoms with van der Waals surface area (Å²) in [6.07, 6.45) is 0. The highest BCUT2D eigenvalue weighted by atomic mass is 32.2. The molecule has 0 bridgehead atoms. The van der Waals surface area contributed by atoms with E-state index in [9.17, 15) is 18.0 Å². The average molecular weight is 480 g/mol. The van der Waals surface area contributed by atoms with Crippen LogP contribution in [0, 0.1) is 12.8 Å². The minimum absolute atomic E-state index is 0.190. The fourth-order valence-corrected chi connectivity index (χ4v) is 4.40. The lowest BCUT2D eigenvalue weighted by Crippen LogP contribution is -2.28. The van der Waals surface area contributed by atoms with E-state index in [0.29, 0.717) is 35.0 Å². The average Bonchev–Trinajstić information content (AvgIpc) is 2.82. The Morgan fingerprint density at radius 3 is 2.12 bits per heavy atom. The smallest absolute Gasteiger partial charge is 0.264 e. The van der Waals surface area contributed by atoms with Gasteiger partial charge in [-0.25, -0.2) is 8.42 Å². The number of para-hydroxylation sites is 1. The zero-order valence-electron chi connectivity index (χ0n) is 19.7. The van der Waals surface area contributed by atoms with E-state index >= 15 is 0 Å². The Labute approximate surface area is 200 Å². The van der Waals surface area contributed by atoms with E-state index in [1.54, 1.807) is 72.8 Å². The van der Waals surface area contributed by atoms with Gasteiger partial charge in [0.1, 0.15) is 0 Å². The summed E-state index contributed by atoms with van der Waals surface area (Å²) in [6.45, 7) is 6.42. The highest BCUT2D eigenvalue weighted by molar-refractivity contribution is 7.92. The first-order valence-corrected chi connectivity index (χ1v) is 12.4. The predicted octanol–water partition coefficient (Wildman–Crippen LogP) is 4.46. The Morgan fingerprint density at radius 2 is 1.50 bits per heavy atom. The fraction of sp³-hybridized carbons (Fsp3) is 0.231. The van der Waals surface area contributed by atoms with Crippen molar-refractivity contribution in [3.8, 4) is 0 Å². The molecule has 3 aromatic rings. The first kappa shape index (κ1) is 25.0. The minimum Gasteiger partial charge on any atom is -0.352 e. The predicted molar refractivity (Wildman–Crippen MR) is 135 cm³/mol. The van der Waals surface area contributed by atoms with Crippen LogP contribution in [0.1, 0.15) is 40.1 Å². The molecule has 178 valence electrons. The largest absolute Gasteiger partial charge is 0.352 e.